The van der Waals surface area contributed by atoms with Crippen LogP contribution in [0.5, 0.6) is 0 Å². The van der Waals surface area contributed by atoms with Crippen molar-refractivity contribution in [2.24, 2.45) is 0 Å². The number of halogens is 3. The van der Waals surface area contributed by atoms with Crippen molar-refractivity contribution in [2.45, 2.75) is 13.1 Å². The molecule has 0 aliphatic carbocycles. The number of pyridine rings is 1. The van der Waals surface area contributed by atoms with Gasteiger partial charge >= 0.3 is 6.18 Å². The van der Waals surface area contributed by atoms with E-state index in [1.165, 1.54) is 4.40 Å². The van der Waals surface area contributed by atoms with Crippen molar-refractivity contribution in [3.8, 4) is 11.4 Å². The predicted molar refractivity (Wildman–Crippen MR) is 72.6 cm³/mol. The summed E-state index contributed by atoms with van der Waals surface area (Å²) in [6, 6.07) is 8.13. The quantitative estimate of drug-likeness (QED) is 0.748. The molecule has 2 heterocycles. The molecule has 3 aromatic rings. The molecule has 2 N–H and O–H groups in total. The monoisotopic (exact) mass is 292 g/mol. The van der Waals surface area contributed by atoms with Crippen molar-refractivity contribution in [1.82, 2.24) is 14.6 Å². The van der Waals surface area contributed by atoms with Crippen molar-refractivity contribution in [2.75, 3.05) is 5.73 Å². The van der Waals surface area contributed by atoms with Gasteiger partial charge in [0, 0.05) is 11.8 Å². The summed E-state index contributed by atoms with van der Waals surface area (Å²) in [4.78, 5) is 0. The van der Waals surface area contributed by atoms with Gasteiger partial charge in [-0.1, -0.05) is 29.8 Å². The Labute approximate surface area is 118 Å². The molecule has 0 aliphatic heterocycles. The second kappa shape index (κ2) is 4.47. The molecule has 4 nitrogen and oxygen atoms in total. The maximum absolute atomic E-state index is 12.9. The number of benzene rings is 1. The fourth-order valence-corrected chi connectivity index (χ4v) is 2.07. The normalized spacial score (nSPS) is 12.0. The lowest BCUT2D eigenvalue weighted by Crippen LogP contribution is -2.08. The van der Waals surface area contributed by atoms with E-state index < -0.39 is 11.7 Å². The molecule has 0 saturated heterocycles. The predicted octanol–water partition coefficient (Wildman–Crippen LogP) is 3.31. The fraction of sp³-hybridized carbons (Fsp3) is 0.143. The minimum Gasteiger partial charge on any atom is -0.396 e. The molecule has 7 heteroatoms. The zero-order valence-electron chi connectivity index (χ0n) is 11.0. The van der Waals surface area contributed by atoms with Gasteiger partial charge < -0.3 is 5.73 Å². The minimum absolute atomic E-state index is 0.0595. The third kappa shape index (κ3) is 2.31. The number of rotatable bonds is 1. The number of aryl methyl sites for hydroxylation is 1. The average Bonchev–Trinajstić information content (AvgIpc) is 2.83. The number of nitrogen functional groups attached to an aromatic ring is 1. The van der Waals surface area contributed by atoms with Crippen LogP contribution < -0.4 is 5.73 Å². The maximum atomic E-state index is 12.9. The molecule has 0 spiro atoms. The third-order valence-corrected chi connectivity index (χ3v) is 3.17. The molecule has 21 heavy (non-hydrogen) atoms. The van der Waals surface area contributed by atoms with Gasteiger partial charge in [0.25, 0.3) is 0 Å². The highest BCUT2D eigenvalue weighted by molar-refractivity contribution is 5.70. The second-order valence-electron chi connectivity index (χ2n) is 4.77. The topological polar surface area (TPSA) is 56.2 Å². The summed E-state index contributed by atoms with van der Waals surface area (Å²) >= 11 is 0. The van der Waals surface area contributed by atoms with Crippen LogP contribution in [0.3, 0.4) is 0 Å². The van der Waals surface area contributed by atoms with Gasteiger partial charge in [-0.15, -0.1) is 10.2 Å². The maximum Gasteiger partial charge on any atom is 0.417 e. The van der Waals surface area contributed by atoms with E-state index in [4.69, 9.17) is 5.73 Å². The molecule has 0 saturated carbocycles. The van der Waals surface area contributed by atoms with Crippen molar-refractivity contribution in [1.29, 1.82) is 0 Å². The summed E-state index contributed by atoms with van der Waals surface area (Å²) in [7, 11) is 0. The van der Waals surface area contributed by atoms with Gasteiger partial charge in [-0.25, -0.2) is 0 Å². The van der Waals surface area contributed by atoms with Crippen LogP contribution >= 0.6 is 0 Å². The van der Waals surface area contributed by atoms with E-state index in [1.807, 2.05) is 19.1 Å². The molecule has 1 aromatic carbocycles. The van der Waals surface area contributed by atoms with Crippen molar-refractivity contribution < 1.29 is 13.2 Å². The Morgan fingerprint density at radius 2 is 1.76 bits per heavy atom. The van der Waals surface area contributed by atoms with E-state index >= 15 is 0 Å². The molecule has 2 aromatic heterocycles. The first-order chi connectivity index (χ1) is 9.86. The minimum atomic E-state index is -4.48. The molecule has 0 amide bonds. The van der Waals surface area contributed by atoms with Crippen LogP contribution in [0.2, 0.25) is 0 Å². The number of nitrogens with two attached hydrogens (primary N) is 1. The van der Waals surface area contributed by atoms with E-state index in [0.29, 0.717) is 11.4 Å². The Kier molecular flexibility index (Phi) is 2.86. The lowest BCUT2D eigenvalue weighted by atomic mass is 10.1. The van der Waals surface area contributed by atoms with Crippen LogP contribution in [0.4, 0.5) is 18.9 Å². The molecular weight excluding hydrogens is 281 g/mol. The zero-order valence-corrected chi connectivity index (χ0v) is 11.0. The Morgan fingerprint density at radius 3 is 2.38 bits per heavy atom. The van der Waals surface area contributed by atoms with Crippen LogP contribution in [0.15, 0.2) is 36.5 Å². The standard InChI is InChI=1S/C14H11F3N4/c1-8-2-4-9(5-3-8)12-19-20-13-11(18)6-10(7-21(12)13)14(15,16)17/h2-7H,18H2,1H3. The number of fused-ring (bicyclic) bond motifs is 1. The average molecular weight is 292 g/mol. The number of anilines is 1. The van der Waals surface area contributed by atoms with Crippen LogP contribution in [-0.4, -0.2) is 14.6 Å². The summed E-state index contributed by atoms with van der Waals surface area (Å²) in [6.07, 6.45) is -3.52. The smallest absolute Gasteiger partial charge is 0.396 e. The Balaban J connectivity index is 2.25. The second-order valence-corrected chi connectivity index (χ2v) is 4.77. The van der Waals surface area contributed by atoms with Gasteiger partial charge in [-0.3, -0.25) is 4.40 Å². The summed E-state index contributed by atoms with van der Waals surface area (Å²) < 4.78 is 39.9. The first kappa shape index (κ1) is 13.4. The number of nitrogens with zero attached hydrogens (tertiary/aromatic N) is 3. The van der Waals surface area contributed by atoms with E-state index in [2.05, 4.69) is 10.2 Å². The summed E-state index contributed by atoms with van der Waals surface area (Å²) in [6.45, 7) is 1.92. The van der Waals surface area contributed by atoms with E-state index in [9.17, 15) is 13.2 Å². The van der Waals surface area contributed by atoms with Gasteiger partial charge in [-0.2, -0.15) is 13.2 Å². The Hall–Kier alpha value is -2.57. The molecular formula is C14H11F3N4. The Morgan fingerprint density at radius 1 is 1.10 bits per heavy atom. The van der Waals surface area contributed by atoms with Crippen LogP contribution in [-0.2, 0) is 6.18 Å². The largest absolute Gasteiger partial charge is 0.417 e. The lowest BCUT2D eigenvalue weighted by molar-refractivity contribution is -0.137. The highest BCUT2D eigenvalue weighted by Crippen LogP contribution is 2.32. The van der Waals surface area contributed by atoms with Gasteiger partial charge in [0.2, 0.25) is 0 Å². The Bertz CT molecular complexity index is 803. The van der Waals surface area contributed by atoms with Gasteiger partial charge in [-0.05, 0) is 13.0 Å². The first-order valence-electron chi connectivity index (χ1n) is 6.15. The van der Waals surface area contributed by atoms with Crippen LogP contribution in [0.25, 0.3) is 17.0 Å². The summed E-state index contributed by atoms with van der Waals surface area (Å²) in [5.41, 5.74) is 6.68. The molecule has 0 unspecified atom stereocenters. The summed E-state index contributed by atoms with van der Waals surface area (Å²) in [5.74, 6) is 0.322. The van der Waals surface area contributed by atoms with E-state index in [1.54, 1.807) is 12.1 Å². The number of aromatic nitrogens is 3. The zero-order chi connectivity index (χ0) is 15.2. The van der Waals surface area contributed by atoms with Crippen molar-refractivity contribution >= 4 is 11.3 Å². The number of hydrogen-bond donors (Lipinski definition) is 1. The van der Waals surface area contributed by atoms with Crippen LogP contribution in [0, 0.1) is 6.92 Å². The van der Waals surface area contributed by atoms with Gasteiger partial charge in [0.05, 0.1) is 11.3 Å². The number of alkyl halides is 3. The first-order valence-corrected chi connectivity index (χ1v) is 6.15. The third-order valence-electron chi connectivity index (χ3n) is 3.17. The molecule has 3 rings (SSSR count). The molecule has 0 aliphatic rings. The fourth-order valence-electron chi connectivity index (χ4n) is 2.07. The highest BCUT2D eigenvalue weighted by Gasteiger charge is 2.32. The van der Waals surface area contributed by atoms with Gasteiger partial charge in [0.1, 0.15) is 0 Å². The van der Waals surface area contributed by atoms with Crippen LogP contribution in [0.1, 0.15) is 11.1 Å². The van der Waals surface area contributed by atoms with Crippen molar-refractivity contribution in [3.05, 3.63) is 47.7 Å². The van der Waals surface area contributed by atoms with E-state index in [-0.39, 0.29) is 11.3 Å². The molecule has 0 atom stereocenters. The highest BCUT2D eigenvalue weighted by atomic mass is 19.4. The lowest BCUT2D eigenvalue weighted by Gasteiger charge is -2.09. The molecule has 0 fully saturated rings. The summed E-state index contributed by atoms with van der Waals surface area (Å²) in [5, 5.41) is 7.81. The van der Waals surface area contributed by atoms with Gasteiger partial charge in [0.15, 0.2) is 11.5 Å². The SMILES string of the molecule is Cc1ccc(-c2nnc3c(N)cc(C(F)(F)F)cn23)cc1. The van der Waals surface area contributed by atoms with Crippen molar-refractivity contribution in [3.63, 3.8) is 0 Å². The number of hydrogen-bond acceptors (Lipinski definition) is 3. The molecule has 0 bridgehead atoms. The molecule has 0 radical (unpaired) electrons. The van der Waals surface area contributed by atoms with E-state index in [0.717, 1.165) is 17.8 Å². The molecule has 108 valence electrons.